The average molecular weight is 416 g/mol. The lowest BCUT2D eigenvalue weighted by molar-refractivity contribution is 0.174. The highest BCUT2D eigenvalue weighted by Gasteiger charge is 2.13. The van der Waals surface area contributed by atoms with E-state index in [0.29, 0.717) is 29.7 Å². The minimum atomic E-state index is 0.281. The summed E-state index contributed by atoms with van der Waals surface area (Å²) in [6.07, 6.45) is 0. The highest BCUT2D eigenvalue weighted by Crippen LogP contribution is 2.32. The molecule has 0 unspecified atom stereocenters. The van der Waals surface area contributed by atoms with Crippen LogP contribution in [0, 0.1) is 0 Å². The van der Waals surface area contributed by atoms with Gasteiger partial charge in [-0.1, -0.05) is 41.4 Å². The molecular formula is C22H19Cl2NO3. The molecule has 4 rings (SSSR count). The number of fused-ring (bicyclic) bond motifs is 1. The molecule has 0 bridgehead atoms. The van der Waals surface area contributed by atoms with Crippen molar-refractivity contribution >= 4 is 23.2 Å². The van der Waals surface area contributed by atoms with Crippen molar-refractivity contribution in [2.45, 2.75) is 19.7 Å². The molecule has 3 aromatic carbocycles. The van der Waals surface area contributed by atoms with Crippen molar-refractivity contribution in [1.29, 1.82) is 0 Å². The SMILES string of the molecule is Clc1ccc(COc2ccc(Cl)cc2CNCc2ccc3c(c2)OCO3)cc1. The Labute approximate surface area is 173 Å². The molecule has 0 amide bonds. The van der Waals surface area contributed by atoms with Crippen molar-refractivity contribution in [1.82, 2.24) is 5.32 Å². The fourth-order valence-corrected chi connectivity index (χ4v) is 3.28. The maximum Gasteiger partial charge on any atom is 0.231 e. The van der Waals surface area contributed by atoms with Crippen LogP contribution in [0.3, 0.4) is 0 Å². The van der Waals surface area contributed by atoms with Crippen LogP contribution >= 0.6 is 23.2 Å². The van der Waals surface area contributed by atoms with Crippen LogP contribution in [-0.2, 0) is 19.7 Å². The molecule has 0 spiro atoms. The van der Waals surface area contributed by atoms with E-state index in [1.165, 1.54) is 0 Å². The number of halogens is 2. The highest BCUT2D eigenvalue weighted by molar-refractivity contribution is 6.30. The molecule has 0 saturated heterocycles. The smallest absolute Gasteiger partial charge is 0.231 e. The Balaban J connectivity index is 1.38. The molecule has 4 nitrogen and oxygen atoms in total. The van der Waals surface area contributed by atoms with Crippen molar-refractivity contribution in [3.63, 3.8) is 0 Å². The lowest BCUT2D eigenvalue weighted by Gasteiger charge is -2.13. The fraction of sp³-hybridized carbons (Fsp3) is 0.182. The zero-order chi connectivity index (χ0) is 19.3. The molecule has 0 aliphatic carbocycles. The molecule has 1 N–H and O–H groups in total. The van der Waals surface area contributed by atoms with Crippen LogP contribution in [0.1, 0.15) is 16.7 Å². The first kappa shape index (κ1) is 18.9. The van der Waals surface area contributed by atoms with E-state index in [2.05, 4.69) is 5.32 Å². The second-order valence-corrected chi connectivity index (χ2v) is 7.33. The van der Waals surface area contributed by atoms with Gasteiger partial charge in [0.2, 0.25) is 6.79 Å². The summed E-state index contributed by atoms with van der Waals surface area (Å²) < 4.78 is 16.8. The van der Waals surface area contributed by atoms with Crippen LogP contribution in [0.4, 0.5) is 0 Å². The number of nitrogens with one attached hydrogen (secondary N) is 1. The van der Waals surface area contributed by atoms with Crippen molar-refractivity contribution in [3.05, 3.63) is 87.4 Å². The molecule has 1 aliphatic rings. The Bertz CT molecular complexity index is 960. The van der Waals surface area contributed by atoms with Crippen molar-refractivity contribution in [2.75, 3.05) is 6.79 Å². The third-order valence-electron chi connectivity index (χ3n) is 4.41. The summed E-state index contributed by atoms with van der Waals surface area (Å²) in [5.74, 6) is 2.38. The van der Waals surface area contributed by atoms with Gasteiger partial charge in [-0.15, -0.1) is 0 Å². The predicted octanol–water partition coefficient (Wildman–Crippen LogP) is 5.59. The van der Waals surface area contributed by atoms with Crippen molar-refractivity contribution in [3.8, 4) is 17.2 Å². The van der Waals surface area contributed by atoms with Gasteiger partial charge in [0.25, 0.3) is 0 Å². The molecule has 28 heavy (non-hydrogen) atoms. The summed E-state index contributed by atoms with van der Waals surface area (Å²) in [4.78, 5) is 0. The molecule has 0 saturated carbocycles. The summed E-state index contributed by atoms with van der Waals surface area (Å²) in [5, 5.41) is 4.82. The molecule has 1 heterocycles. The average Bonchev–Trinajstić information content (AvgIpc) is 3.16. The van der Waals surface area contributed by atoms with E-state index in [4.69, 9.17) is 37.4 Å². The van der Waals surface area contributed by atoms with E-state index in [0.717, 1.165) is 33.9 Å². The maximum absolute atomic E-state index is 6.18. The Morgan fingerprint density at radius 3 is 2.39 bits per heavy atom. The van der Waals surface area contributed by atoms with E-state index in [1.807, 2.05) is 60.7 Å². The standard InChI is InChI=1S/C22H19Cl2NO3/c23-18-4-1-15(2-5-18)13-26-20-8-6-19(24)10-17(20)12-25-11-16-3-7-21-22(9-16)28-14-27-21/h1-10,25H,11-14H2. The van der Waals surface area contributed by atoms with Gasteiger partial charge in [0.15, 0.2) is 11.5 Å². The number of ether oxygens (including phenoxy) is 3. The largest absolute Gasteiger partial charge is 0.489 e. The molecular weight excluding hydrogens is 397 g/mol. The van der Waals surface area contributed by atoms with Crippen LogP contribution in [0.25, 0.3) is 0 Å². The molecule has 0 radical (unpaired) electrons. The molecule has 3 aromatic rings. The van der Waals surface area contributed by atoms with Crippen molar-refractivity contribution in [2.24, 2.45) is 0 Å². The molecule has 6 heteroatoms. The first-order valence-corrected chi connectivity index (χ1v) is 9.68. The zero-order valence-corrected chi connectivity index (χ0v) is 16.6. The van der Waals surface area contributed by atoms with Gasteiger partial charge in [-0.25, -0.2) is 0 Å². The number of hydrogen-bond donors (Lipinski definition) is 1. The lowest BCUT2D eigenvalue weighted by Crippen LogP contribution is -2.13. The van der Waals surface area contributed by atoms with Gasteiger partial charge in [-0.3, -0.25) is 0 Å². The van der Waals surface area contributed by atoms with Crippen LogP contribution in [0.15, 0.2) is 60.7 Å². The molecule has 144 valence electrons. The first-order valence-electron chi connectivity index (χ1n) is 8.92. The van der Waals surface area contributed by atoms with E-state index in [9.17, 15) is 0 Å². The number of rotatable bonds is 7. The van der Waals surface area contributed by atoms with Crippen LogP contribution in [0.2, 0.25) is 10.0 Å². The van der Waals surface area contributed by atoms with E-state index in [1.54, 1.807) is 0 Å². The van der Waals surface area contributed by atoms with Gasteiger partial charge < -0.3 is 19.5 Å². The number of benzene rings is 3. The number of hydrogen-bond acceptors (Lipinski definition) is 4. The zero-order valence-electron chi connectivity index (χ0n) is 15.1. The van der Waals surface area contributed by atoms with Gasteiger partial charge in [0.05, 0.1) is 0 Å². The van der Waals surface area contributed by atoms with Gasteiger partial charge in [0, 0.05) is 28.7 Å². The van der Waals surface area contributed by atoms with Gasteiger partial charge in [0.1, 0.15) is 12.4 Å². The topological polar surface area (TPSA) is 39.7 Å². The lowest BCUT2D eigenvalue weighted by atomic mass is 10.1. The molecule has 0 fully saturated rings. The van der Waals surface area contributed by atoms with Gasteiger partial charge in [-0.2, -0.15) is 0 Å². The summed E-state index contributed by atoms with van der Waals surface area (Å²) in [5.41, 5.74) is 3.18. The third kappa shape index (κ3) is 4.71. The first-order chi connectivity index (χ1) is 13.7. The second kappa shape index (κ2) is 8.74. The summed E-state index contributed by atoms with van der Waals surface area (Å²) in [6.45, 7) is 2.07. The summed E-state index contributed by atoms with van der Waals surface area (Å²) in [7, 11) is 0. The minimum Gasteiger partial charge on any atom is -0.489 e. The molecule has 0 aromatic heterocycles. The second-order valence-electron chi connectivity index (χ2n) is 6.46. The predicted molar refractivity (Wildman–Crippen MR) is 110 cm³/mol. The van der Waals surface area contributed by atoms with Crippen LogP contribution in [-0.4, -0.2) is 6.79 Å². The van der Waals surface area contributed by atoms with E-state index in [-0.39, 0.29) is 6.79 Å². The third-order valence-corrected chi connectivity index (χ3v) is 4.90. The van der Waals surface area contributed by atoms with Crippen molar-refractivity contribution < 1.29 is 14.2 Å². The van der Waals surface area contributed by atoms with Crippen LogP contribution in [0.5, 0.6) is 17.2 Å². The summed E-state index contributed by atoms with van der Waals surface area (Å²) >= 11 is 12.1. The normalized spacial score (nSPS) is 12.2. The Hall–Kier alpha value is -2.40. The van der Waals surface area contributed by atoms with Crippen LogP contribution < -0.4 is 19.5 Å². The molecule has 1 aliphatic heterocycles. The fourth-order valence-electron chi connectivity index (χ4n) is 2.96. The van der Waals surface area contributed by atoms with Gasteiger partial charge in [-0.05, 0) is 53.6 Å². The Morgan fingerprint density at radius 2 is 1.54 bits per heavy atom. The maximum atomic E-state index is 6.18. The summed E-state index contributed by atoms with van der Waals surface area (Å²) in [6, 6.07) is 19.2. The molecule has 0 atom stereocenters. The quantitative estimate of drug-likeness (QED) is 0.545. The Morgan fingerprint density at radius 1 is 0.786 bits per heavy atom. The van der Waals surface area contributed by atoms with E-state index < -0.39 is 0 Å². The van der Waals surface area contributed by atoms with E-state index >= 15 is 0 Å². The van der Waals surface area contributed by atoms with Gasteiger partial charge >= 0.3 is 0 Å². The monoisotopic (exact) mass is 415 g/mol. The Kier molecular flexibility index (Phi) is 5.91. The minimum absolute atomic E-state index is 0.281. The highest BCUT2D eigenvalue weighted by atomic mass is 35.5.